The van der Waals surface area contributed by atoms with Crippen molar-refractivity contribution in [2.45, 2.75) is 62.6 Å². The Labute approximate surface area is 183 Å². The number of hydrogen-bond donors (Lipinski definition) is 4. The Morgan fingerprint density at radius 3 is 2.29 bits per heavy atom. The van der Waals surface area contributed by atoms with Gasteiger partial charge in [0.2, 0.25) is 0 Å². The second-order valence-corrected chi connectivity index (χ2v) is 9.50. The van der Waals surface area contributed by atoms with Gasteiger partial charge in [0.15, 0.2) is 0 Å². The van der Waals surface area contributed by atoms with E-state index < -0.39 is 58.1 Å². The third kappa shape index (κ3) is 5.97. The molecule has 2 rings (SSSR count). The van der Waals surface area contributed by atoms with E-state index in [4.69, 9.17) is 20.9 Å². The van der Waals surface area contributed by atoms with E-state index in [2.05, 4.69) is 4.98 Å². The zero-order chi connectivity index (χ0) is 23.5. The molecular weight excluding hydrogens is 428 g/mol. The van der Waals surface area contributed by atoms with Crippen molar-refractivity contribution in [2.75, 3.05) is 6.61 Å². The maximum Gasteiger partial charge on any atom is 0.329 e. The quantitative estimate of drug-likeness (QED) is 0.350. The Morgan fingerprint density at radius 2 is 1.74 bits per heavy atom. The standard InChI is InChI=1S/C19H30N4O7S/c1-8(2)12(20)17(26)29-7-10-15(30-18(27)13(21)9(3)4)14(25)16(31-10)23-6-5-11(24)22-19(23)28/h5-6,8-10,12-16,25H,7,20-21H2,1-4H3,(H,22,24,28)/t10-,12+,13+,14?,15?,16-/m1/s1. The second kappa shape index (κ2) is 10.4. The molecule has 12 heteroatoms. The molecule has 1 saturated heterocycles. The largest absolute Gasteiger partial charge is 0.463 e. The number of nitrogens with one attached hydrogen (secondary N) is 1. The van der Waals surface area contributed by atoms with Gasteiger partial charge in [0.05, 0.1) is 5.25 Å². The van der Waals surface area contributed by atoms with Crippen LogP contribution in [0.2, 0.25) is 0 Å². The molecule has 2 unspecified atom stereocenters. The molecule has 0 spiro atoms. The van der Waals surface area contributed by atoms with Gasteiger partial charge in [0.1, 0.15) is 36.3 Å². The fraction of sp³-hybridized carbons (Fsp3) is 0.684. The number of aliphatic hydroxyl groups excluding tert-OH is 1. The fourth-order valence-corrected chi connectivity index (χ4v) is 4.36. The van der Waals surface area contributed by atoms with E-state index in [9.17, 15) is 24.3 Å². The first-order valence-corrected chi connectivity index (χ1v) is 10.9. The van der Waals surface area contributed by atoms with Crippen LogP contribution in [0.25, 0.3) is 0 Å². The SMILES string of the molecule is CC(C)[C@H](N)C(=O)OC[C@H]1S[C@@H](n2ccc(=O)[nH]c2=O)C(O)C1OC(=O)[C@@H](N)C(C)C. The molecule has 11 nitrogen and oxygen atoms in total. The predicted molar refractivity (Wildman–Crippen MR) is 114 cm³/mol. The third-order valence-electron chi connectivity index (χ3n) is 5.06. The summed E-state index contributed by atoms with van der Waals surface area (Å²) in [7, 11) is 0. The molecule has 1 aliphatic rings. The van der Waals surface area contributed by atoms with Crippen LogP contribution >= 0.6 is 11.8 Å². The molecule has 0 aromatic carbocycles. The fourth-order valence-electron chi connectivity index (χ4n) is 2.87. The molecule has 0 radical (unpaired) electrons. The second-order valence-electron chi connectivity index (χ2n) is 8.14. The maximum absolute atomic E-state index is 12.4. The average Bonchev–Trinajstić information content (AvgIpc) is 3.00. The van der Waals surface area contributed by atoms with Gasteiger partial charge in [0.25, 0.3) is 5.56 Å². The van der Waals surface area contributed by atoms with Gasteiger partial charge in [-0.05, 0) is 11.8 Å². The van der Waals surface area contributed by atoms with Crippen molar-refractivity contribution in [1.29, 1.82) is 0 Å². The highest BCUT2D eigenvalue weighted by Gasteiger charge is 2.48. The van der Waals surface area contributed by atoms with Crippen LogP contribution < -0.4 is 22.7 Å². The molecule has 31 heavy (non-hydrogen) atoms. The first-order valence-electron chi connectivity index (χ1n) is 9.97. The van der Waals surface area contributed by atoms with Crippen molar-refractivity contribution in [1.82, 2.24) is 9.55 Å². The molecule has 2 heterocycles. The summed E-state index contributed by atoms with van der Waals surface area (Å²) < 4.78 is 11.9. The number of esters is 2. The number of nitrogens with two attached hydrogens (primary N) is 2. The summed E-state index contributed by atoms with van der Waals surface area (Å²) in [6.07, 6.45) is -1.18. The minimum absolute atomic E-state index is 0.139. The summed E-state index contributed by atoms with van der Waals surface area (Å²) in [4.78, 5) is 50.2. The Hall–Kier alpha value is -2.15. The molecule has 0 aliphatic carbocycles. The van der Waals surface area contributed by atoms with Crippen molar-refractivity contribution < 1.29 is 24.2 Å². The van der Waals surface area contributed by atoms with Crippen molar-refractivity contribution in [3.05, 3.63) is 33.1 Å². The zero-order valence-corrected chi connectivity index (χ0v) is 18.7. The van der Waals surface area contributed by atoms with Gasteiger partial charge >= 0.3 is 17.6 Å². The number of aromatic amines is 1. The van der Waals surface area contributed by atoms with Gasteiger partial charge in [-0.15, -0.1) is 11.8 Å². The summed E-state index contributed by atoms with van der Waals surface area (Å²) in [6, 6.07) is -0.603. The number of carbonyl (C=O) groups is 2. The minimum atomic E-state index is -1.32. The Bertz CT molecular complexity index is 900. The predicted octanol–water partition coefficient (Wildman–Crippen LogP) is -1.07. The lowest BCUT2D eigenvalue weighted by Crippen LogP contribution is -2.45. The summed E-state index contributed by atoms with van der Waals surface area (Å²) in [5.74, 6) is -1.68. The molecule has 1 fully saturated rings. The Kier molecular flexibility index (Phi) is 8.46. The first-order chi connectivity index (χ1) is 14.4. The van der Waals surface area contributed by atoms with Crippen LogP contribution in [0.15, 0.2) is 21.9 Å². The summed E-state index contributed by atoms with van der Waals surface area (Å²) >= 11 is 1.08. The van der Waals surface area contributed by atoms with Gasteiger partial charge in [-0.2, -0.15) is 0 Å². The van der Waals surface area contributed by atoms with E-state index in [-0.39, 0.29) is 18.4 Å². The van der Waals surface area contributed by atoms with Crippen molar-refractivity contribution in [3.63, 3.8) is 0 Å². The van der Waals surface area contributed by atoms with E-state index >= 15 is 0 Å². The Balaban J connectivity index is 2.25. The molecule has 6 atom stereocenters. The van der Waals surface area contributed by atoms with E-state index in [1.807, 2.05) is 0 Å². The Morgan fingerprint density at radius 1 is 1.16 bits per heavy atom. The number of nitrogens with zero attached hydrogens (tertiary/aromatic N) is 1. The number of hydrogen-bond acceptors (Lipinski definition) is 10. The van der Waals surface area contributed by atoms with E-state index in [1.54, 1.807) is 27.7 Å². The molecule has 0 bridgehead atoms. The number of ether oxygens (including phenoxy) is 2. The highest BCUT2D eigenvalue weighted by molar-refractivity contribution is 8.00. The van der Waals surface area contributed by atoms with Gasteiger partial charge in [-0.25, -0.2) is 4.79 Å². The number of H-pyrrole nitrogens is 1. The molecule has 1 aromatic rings. The molecule has 0 amide bonds. The summed E-state index contributed by atoms with van der Waals surface area (Å²) in [5, 5.41) is 9.26. The number of aliphatic hydroxyl groups is 1. The topological polar surface area (TPSA) is 180 Å². The monoisotopic (exact) mass is 458 g/mol. The molecular formula is C19H30N4O7S. The van der Waals surface area contributed by atoms with Crippen molar-refractivity contribution >= 4 is 23.7 Å². The summed E-state index contributed by atoms with van der Waals surface area (Å²) in [6.45, 7) is 6.85. The molecule has 174 valence electrons. The molecule has 1 aromatic heterocycles. The number of aromatic nitrogens is 2. The van der Waals surface area contributed by atoms with Gasteiger partial charge in [0, 0.05) is 12.3 Å². The van der Waals surface area contributed by atoms with Gasteiger partial charge in [-0.1, -0.05) is 27.7 Å². The van der Waals surface area contributed by atoms with E-state index in [0.29, 0.717) is 0 Å². The van der Waals surface area contributed by atoms with Gasteiger partial charge in [-0.3, -0.25) is 23.9 Å². The van der Waals surface area contributed by atoms with Crippen molar-refractivity contribution in [3.8, 4) is 0 Å². The van der Waals surface area contributed by atoms with Gasteiger partial charge < -0.3 is 26.0 Å². The van der Waals surface area contributed by atoms with Crippen molar-refractivity contribution in [2.24, 2.45) is 23.3 Å². The molecule has 6 N–H and O–H groups in total. The normalized spacial score (nSPS) is 25.5. The zero-order valence-electron chi connectivity index (χ0n) is 17.9. The van der Waals surface area contributed by atoms with Crippen LogP contribution in [0.5, 0.6) is 0 Å². The van der Waals surface area contributed by atoms with Crippen LogP contribution in [0.1, 0.15) is 33.1 Å². The van der Waals surface area contributed by atoms with E-state index in [0.717, 1.165) is 22.4 Å². The molecule has 0 saturated carbocycles. The lowest BCUT2D eigenvalue weighted by atomic mass is 10.1. The van der Waals surface area contributed by atoms with Crippen LogP contribution in [0.3, 0.4) is 0 Å². The molecule has 1 aliphatic heterocycles. The van der Waals surface area contributed by atoms with E-state index in [1.165, 1.54) is 6.20 Å². The number of thioether (sulfide) groups is 1. The lowest BCUT2D eigenvalue weighted by Gasteiger charge is -2.25. The highest BCUT2D eigenvalue weighted by Crippen LogP contribution is 2.43. The third-order valence-corrected chi connectivity index (χ3v) is 6.60. The minimum Gasteiger partial charge on any atom is -0.463 e. The first kappa shape index (κ1) is 25.1. The maximum atomic E-state index is 12.4. The van der Waals surface area contributed by atoms with Crippen LogP contribution in [0, 0.1) is 11.8 Å². The summed E-state index contributed by atoms with van der Waals surface area (Å²) in [5.41, 5.74) is 10.3. The number of carbonyl (C=O) groups excluding carboxylic acids is 2. The highest BCUT2D eigenvalue weighted by atomic mass is 32.2. The van der Waals surface area contributed by atoms with Crippen LogP contribution in [-0.2, 0) is 19.1 Å². The lowest BCUT2D eigenvalue weighted by molar-refractivity contribution is -0.159. The smallest absolute Gasteiger partial charge is 0.329 e. The average molecular weight is 459 g/mol. The van der Waals surface area contributed by atoms with Crippen LogP contribution in [-0.4, -0.2) is 62.7 Å². The number of rotatable bonds is 8. The van der Waals surface area contributed by atoms with Crippen LogP contribution in [0.4, 0.5) is 0 Å².